The Morgan fingerprint density at radius 1 is 1.20 bits per heavy atom. The van der Waals surface area contributed by atoms with Crippen LogP contribution in [0.3, 0.4) is 0 Å². The van der Waals surface area contributed by atoms with Crippen LogP contribution in [0.2, 0.25) is 0 Å². The Morgan fingerprint density at radius 3 is 2.30 bits per heavy atom. The molecule has 0 aromatic rings. The van der Waals surface area contributed by atoms with E-state index in [9.17, 15) is 4.79 Å². The predicted molar refractivity (Wildman–Crippen MR) is 85.6 cm³/mol. The highest BCUT2D eigenvalue weighted by atomic mass is 16.1. The monoisotopic (exact) mass is 278 g/mol. The number of carbonyl (C=O) groups is 1. The van der Waals surface area contributed by atoms with E-state index in [1.807, 2.05) is 0 Å². The summed E-state index contributed by atoms with van der Waals surface area (Å²) in [5.74, 6) is 3.58. The van der Waals surface area contributed by atoms with Gasteiger partial charge in [0.1, 0.15) is 5.78 Å². The van der Waals surface area contributed by atoms with E-state index >= 15 is 0 Å². The third-order valence-electron chi connectivity index (χ3n) is 5.42. The molecule has 2 aliphatic carbocycles. The first-order chi connectivity index (χ1) is 9.35. The first kappa shape index (κ1) is 16.0. The molecule has 0 spiro atoms. The average Bonchev–Trinajstić information content (AvgIpc) is 2.82. The summed E-state index contributed by atoms with van der Waals surface area (Å²) in [6, 6.07) is 0. The lowest BCUT2D eigenvalue weighted by Crippen LogP contribution is -2.22. The number of hydrogen-bond donors (Lipinski definition) is 0. The summed E-state index contributed by atoms with van der Waals surface area (Å²) in [5, 5.41) is 0. The summed E-state index contributed by atoms with van der Waals surface area (Å²) in [4.78, 5) is 12.6. The third-order valence-corrected chi connectivity index (χ3v) is 5.42. The second-order valence-corrected chi connectivity index (χ2v) is 8.84. The molecule has 116 valence electrons. The summed E-state index contributed by atoms with van der Waals surface area (Å²) in [5.41, 5.74) is 0.151. The molecule has 0 aliphatic heterocycles. The molecule has 0 amide bonds. The maximum Gasteiger partial charge on any atom is 0.136 e. The maximum atomic E-state index is 12.6. The van der Waals surface area contributed by atoms with Crippen LogP contribution in [0.1, 0.15) is 85.5 Å². The summed E-state index contributed by atoms with van der Waals surface area (Å²) in [7, 11) is 0. The molecule has 2 fully saturated rings. The van der Waals surface area contributed by atoms with Gasteiger partial charge in [0, 0.05) is 12.3 Å². The highest BCUT2D eigenvalue weighted by Gasteiger charge is 2.37. The average molecular weight is 278 g/mol. The van der Waals surface area contributed by atoms with E-state index < -0.39 is 0 Å². The zero-order valence-corrected chi connectivity index (χ0v) is 14.1. The van der Waals surface area contributed by atoms with Crippen LogP contribution in [-0.4, -0.2) is 5.78 Å². The fourth-order valence-electron chi connectivity index (χ4n) is 3.91. The maximum absolute atomic E-state index is 12.6. The highest BCUT2D eigenvalue weighted by Crippen LogP contribution is 2.44. The van der Waals surface area contributed by atoms with Crippen LogP contribution >= 0.6 is 0 Å². The normalized spacial score (nSPS) is 28.6. The smallest absolute Gasteiger partial charge is 0.136 e. The number of Topliss-reactive ketones (excluding diaryl/α,β-unsaturated/α-hetero) is 1. The molecule has 0 radical (unpaired) electrons. The lowest BCUT2D eigenvalue weighted by atomic mass is 9.81. The molecule has 0 saturated heterocycles. The van der Waals surface area contributed by atoms with Crippen molar-refractivity contribution < 1.29 is 4.79 Å². The molecule has 3 unspecified atom stereocenters. The van der Waals surface area contributed by atoms with E-state index in [1.165, 1.54) is 51.4 Å². The Balaban J connectivity index is 1.83. The molecule has 0 aromatic carbocycles. The summed E-state index contributed by atoms with van der Waals surface area (Å²) in [6.07, 6.45) is 11.5. The molecule has 0 N–H and O–H groups in total. The van der Waals surface area contributed by atoms with Crippen LogP contribution in [0.5, 0.6) is 0 Å². The molecule has 2 rings (SSSR count). The minimum Gasteiger partial charge on any atom is -0.299 e. The van der Waals surface area contributed by atoms with Crippen LogP contribution < -0.4 is 0 Å². The standard InChI is InChI=1S/C19H34O/c1-14-11-17(14)12-16(18(20)13-19(2,3)4)10-9-15-7-5-6-8-15/h14-17H,5-13H2,1-4H3. The van der Waals surface area contributed by atoms with Crippen LogP contribution in [0, 0.1) is 29.1 Å². The van der Waals surface area contributed by atoms with E-state index in [0.717, 1.165) is 24.2 Å². The summed E-state index contributed by atoms with van der Waals surface area (Å²) >= 11 is 0. The van der Waals surface area contributed by atoms with Gasteiger partial charge in [0.15, 0.2) is 0 Å². The van der Waals surface area contributed by atoms with Crippen molar-refractivity contribution >= 4 is 5.78 Å². The molecule has 2 saturated carbocycles. The summed E-state index contributed by atoms with van der Waals surface area (Å²) < 4.78 is 0. The molecule has 1 nitrogen and oxygen atoms in total. The quantitative estimate of drug-likeness (QED) is 0.590. The van der Waals surface area contributed by atoms with Crippen molar-refractivity contribution in [3.63, 3.8) is 0 Å². The van der Waals surface area contributed by atoms with Crippen molar-refractivity contribution in [3.05, 3.63) is 0 Å². The van der Waals surface area contributed by atoms with Crippen LogP contribution in [-0.2, 0) is 4.79 Å². The Bertz CT molecular complexity index is 319. The SMILES string of the molecule is CC1CC1CC(CCC1CCCC1)C(=O)CC(C)(C)C. The Labute approximate surface area is 125 Å². The second kappa shape index (κ2) is 6.62. The first-order valence-electron chi connectivity index (χ1n) is 8.88. The first-order valence-corrected chi connectivity index (χ1v) is 8.88. The molecule has 20 heavy (non-hydrogen) atoms. The van der Waals surface area contributed by atoms with Gasteiger partial charge in [-0.3, -0.25) is 4.79 Å². The predicted octanol–water partition coefficient (Wildman–Crippen LogP) is 5.62. The molecular formula is C19H34O. The Hall–Kier alpha value is -0.330. The molecule has 1 heteroatoms. The molecule has 0 aromatic heterocycles. The van der Waals surface area contributed by atoms with Gasteiger partial charge in [-0.2, -0.15) is 0 Å². The van der Waals surface area contributed by atoms with Gasteiger partial charge in [-0.15, -0.1) is 0 Å². The van der Waals surface area contributed by atoms with E-state index in [-0.39, 0.29) is 5.41 Å². The minimum absolute atomic E-state index is 0.151. The van der Waals surface area contributed by atoms with Gasteiger partial charge in [-0.05, 0) is 48.9 Å². The highest BCUT2D eigenvalue weighted by molar-refractivity contribution is 5.81. The Kier molecular flexibility index (Phi) is 5.31. The fraction of sp³-hybridized carbons (Fsp3) is 0.947. The minimum atomic E-state index is 0.151. The van der Waals surface area contributed by atoms with Crippen LogP contribution in [0.15, 0.2) is 0 Å². The number of ketones is 1. The third kappa shape index (κ3) is 5.22. The van der Waals surface area contributed by atoms with Gasteiger partial charge < -0.3 is 0 Å². The van der Waals surface area contributed by atoms with Crippen molar-refractivity contribution in [1.82, 2.24) is 0 Å². The lowest BCUT2D eigenvalue weighted by molar-refractivity contribution is -0.125. The van der Waals surface area contributed by atoms with Crippen LogP contribution in [0.25, 0.3) is 0 Å². The number of carbonyl (C=O) groups excluding carboxylic acids is 1. The molecule has 3 atom stereocenters. The van der Waals surface area contributed by atoms with E-state index in [1.54, 1.807) is 0 Å². The Morgan fingerprint density at radius 2 is 1.80 bits per heavy atom. The molecule has 0 bridgehead atoms. The fourth-order valence-corrected chi connectivity index (χ4v) is 3.91. The van der Waals surface area contributed by atoms with Crippen molar-refractivity contribution in [2.45, 2.75) is 85.5 Å². The van der Waals surface area contributed by atoms with E-state index in [2.05, 4.69) is 27.7 Å². The van der Waals surface area contributed by atoms with Gasteiger partial charge in [0.05, 0.1) is 0 Å². The summed E-state index contributed by atoms with van der Waals surface area (Å²) in [6.45, 7) is 8.92. The van der Waals surface area contributed by atoms with Gasteiger partial charge >= 0.3 is 0 Å². The number of rotatable bonds is 7. The zero-order chi connectivity index (χ0) is 14.8. The lowest BCUT2D eigenvalue weighted by Gasteiger charge is -2.23. The van der Waals surface area contributed by atoms with Gasteiger partial charge in [-0.25, -0.2) is 0 Å². The van der Waals surface area contributed by atoms with Crippen molar-refractivity contribution in [3.8, 4) is 0 Å². The molecular weight excluding hydrogens is 244 g/mol. The molecule has 2 aliphatic rings. The largest absolute Gasteiger partial charge is 0.299 e. The molecule has 0 heterocycles. The van der Waals surface area contributed by atoms with E-state index in [0.29, 0.717) is 11.7 Å². The zero-order valence-electron chi connectivity index (χ0n) is 14.1. The van der Waals surface area contributed by atoms with E-state index in [4.69, 9.17) is 0 Å². The van der Waals surface area contributed by atoms with Gasteiger partial charge in [0.2, 0.25) is 0 Å². The topological polar surface area (TPSA) is 17.1 Å². The number of hydrogen-bond acceptors (Lipinski definition) is 1. The van der Waals surface area contributed by atoms with Crippen molar-refractivity contribution in [1.29, 1.82) is 0 Å². The van der Waals surface area contributed by atoms with Crippen molar-refractivity contribution in [2.24, 2.45) is 29.1 Å². The second-order valence-electron chi connectivity index (χ2n) is 8.84. The van der Waals surface area contributed by atoms with Gasteiger partial charge in [-0.1, -0.05) is 53.4 Å². The van der Waals surface area contributed by atoms with Crippen molar-refractivity contribution in [2.75, 3.05) is 0 Å². The van der Waals surface area contributed by atoms with Gasteiger partial charge in [0.25, 0.3) is 0 Å². The van der Waals surface area contributed by atoms with Crippen LogP contribution in [0.4, 0.5) is 0 Å².